The molecule has 0 aromatic heterocycles. The van der Waals surface area contributed by atoms with Gasteiger partial charge in [0.1, 0.15) is 6.29 Å². The summed E-state index contributed by atoms with van der Waals surface area (Å²) in [5, 5.41) is 1.11. The van der Waals surface area contributed by atoms with E-state index in [1.807, 2.05) is 24.3 Å². The summed E-state index contributed by atoms with van der Waals surface area (Å²) in [6, 6.07) is 7.88. The van der Waals surface area contributed by atoms with Crippen LogP contribution in [0.1, 0.15) is 41.6 Å². The van der Waals surface area contributed by atoms with E-state index in [9.17, 15) is 4.79 Å². The molecule has 82 valence electrons. The third kappa shape index (κ3) is 5.12. The molecular formula is C13H17BrO. The summed E-state index contributed by atoms with van der Waals surface area (Å²) in [6.07, 6.45) is 7.12. The molecule has 0 atom stereocenters. The third-order valence-electron chi connectivity index (χ3n) is 2.46. The summed E-state index contributed by atoms with van der Waals surface area (Å²) in [7, 11) is 0. The van der Waals surface area contributed by atoms with Crippen LogP contribution in [-0.4, -0.2) is 11.6 Å². The predicted octanol–water partition coefficient (Wildman–Crippen LogP) is 4.00. The van der Waals surface area contributed by atoms with Crippen LogP contribution in [0.5, 0.6) is 0 Å². The van der Waals surface area contributed by atoms with E-state index >= 15 is 0 Å². The number of carbonyl (C=O) groups excluding carboxylic acids is 1. The molecule has 0 aliphatic rings. The van der Waals surface area contributed by atoms with Crippen LogP contribution in [0.4, 0.5) is 0 Å². The minimum absolute atomic E-state index is 0.762. The molecule has 1 rings (SSSR count). The van der Waals surface area contributed by atoms with Gasteiger partial charge in [-0.2, -0.15) is 0 Å². The van der Waals surface area contributed by atoms with Gasteiger partial charge in [-0.05, 0) is 24.8 Å². The summed E-state index contributed by atoms with van der Waals surface area (Å²) in [6.45, 7) is 0. The SMILES string of the molecule is O=Cc1ccc(CCCCCCBr)cc1. The van der Waals surface area contributed by atoms with E-state index < -0.39 is 0 Å². The lowest BCUT2D eigenvalue weighted by atomic mass is 10.1. The molecule has 0 N–H and O–H groups in total. The van der Waals surface area contributed by atoms with Gasteiger partial charge in [0.15, 0.2) is 0 Å². The Morgan fingerprint density at radius 2 is 1.67 bits per heavy atom. The van der Waals surface area contributed by atoms with E-state index in [-0.39, 0.29) is 0 Å². The summed E-state index contributed by atoms with van der Waals surface area (Å²) < 4.78 is 0. The van der Waals surface area contributed by atoms with Gasteiger partial charge in [-0.15, -0.1) is 0 Å². The molecule has 0 saturated carbocycles. The highest BCUT2D eigenvalue weighted by Crippen LogP contribution is 2.09. The zero-order valence-corrected chi connectivity index (χ0v) is 10.5. The summed E-state index contributed by atoms with van der Waals surface area (Å²) >= 11 is 3.43. The van der Waals surface area contributed by atoms with Gasteiger partial charge < -0.3 is 0 Å². The largest absolute Gasteiger partial charge is 0.298 e. The van der Waals surface area contributed by atoms with E-state index in [1.54, 1.807) is 0 Å². The Kier molecular flexibility index (Phi) is 6.33. The Morgan fingerprint density at radius 1 is 1.00 bits per heavy atom. The van der Waals surface area contributed by atoms with E-state index in [1.165, 1.54) is 31.2 Å². The van der Waals surface area contributed by atoms with Gasteiger partial charge in [-0.25, -0.2) is 0 Å². The lowest BCUT2D eigenvalue weighted by Gasteiger charge is -2.01. The van der Waals surface area contributed by atoms with Crippen LogP contribution in [0.2, 0.25) is 0 Å². The Bertz CT molecular complexity index is 279. The van der Waals surface area contributed by atoms with Crippen molar-refractivity contribution in [1.29, 1.82) is 0 Å². The number of aryl methyl sites for hydroxylation is 1. The predicted molar refractivity (Wildman–Crippen MR) is 67.8 cm³/mol. The number of carbonyl (C=O) groups is 1. The van der Waals surface area contributed by atoms with Crippen LogP contribution in [-0.2, 0) is 6.42 Å². The van der Waals surface area contributed by atoms with E-state index in [0.717, 1.165) is 23.6 Å². The summed E-state index contributed by atoms with van der Waals surface area (Å²) in [5.41, 5.74) is 2.09. The molecule has 0 bridgehead atoms. The van der Waals surface area contributed by atoms with Crippen LogP contribution < -0.4 is 0 Å². The molecule has 0 unspecified atom stereocenters. The number of hydrogen-bond acceptors (Lipinski definition) is 1. The number of rotatable bonds is 7. The van der Waals surface area contributed by atoms with E-state index in [0.29, 0.717) is 0 Å². The average Bonchev–Trinajstić information content (AvgIpc) is 2.30. The van der Waals surface area contributed by atoms with Crippen molar-refractivity contribution < 1.29 is 4.79 Å². The Morgan fingerprint density at radius 3 is 2.27 bits per heavy atom. The number of benzene rings is 1. The molecule has 0 saturated heterocycles. The summed E-state index contributed by atoms with van der Waals surface area (Å²) in [4.78, 5) is 10.4. The second kappa shape index (κ2) is 7.63. The molecule has 2 heteroatoms. The molecule has 0 fully saturated rings. The van der Waals surface area contributed by atoms with Gasteiger partial charge in [-0.3, -0.25) is 4.79 Å². The van der Waals surface area contributed by atoms with Crippen molar-refractivity contribution in [1.82, 2.24) is 0 Å². The number of alkyl halides is 1. The fourth-order valence-electron chi connectivity index (χ4n) is 1.54. The first-order valence-electron chi connectivity index (χ1n) is 5.47. The molecule has 0 heterocycles. The molecule has 0 amide bonds. The van der Waals surface area contributed by atoms with Crippen molar-refractivity contribution in [2.75, 3.05) is 5.33 Å². The molecular weight excluding hydrogens is 252 g/mol. The minimum Gasteiger partial charge on any atom is -0.298 e. The normalized spacial score (nSPS) is 10.2. The van der Waals surface area contributed by atoms with Crippen LogP contribution in [0.15, 0.2) is 24.3 Å². The van der Waals surface area contributed by atoms with Crippen molar-refractivity contribution in [3.63, 3.8) is 0 Å². The Labute approximate surface area is 100 Å². The zero-order valence-electron chi connectivity index (χ0n) is 8.92. The molecule has 1 aromatic carbocycles. The zero-order chi connectivity index (χ0) is 10.9. The van der Waals surface area contributed by atoms with Crippen LogP contribution in [0, 0.1) is 0 Å². The minimum atomic E-state index is 0.762. The second-order valence-electron chi connectivity index (χ2n) is 3.71. The van der Waals surface area contributed by atoms with Gasteiger partial charge in [0.2, 0.25) is 0 Å². The number of unbranched alkanes of at least 4 members (excludes halogenated alkanes) is 3. The smallest absolute Gasteiger partial charge is 0.150 e. The molecule has 0 aliphatic heterocycles. The molecule has 0 radical (unpaired) electrons. The van der Waals surface area contributed by atoms with Crippen molar-refractivity contribution in [3.05, 3.63) is 35.4 Å². The van der Waals surface area contributed by atoms with E-state index in [4.69, 9.17) is 0 Å². The average molecular weight is 269 g/mol. The number of aldehydes is 1. The third-order valence-corrected chi connectivity index (χ3v) is 3.03. The van der Waals surface area contributed by atoms with Crippen LogP contribution >= 0.6 is 15.9 Å². The second-order valence-corrected chi connectivity index (χ2v) is 4.51. The Hall–Kier alpha value is -0.630. The highest BCUT2D eigenvalue weighted by Gasteiger charge is 1.94. The molecule has 1 nitrogen and oxygen atoms in total. The Balaban J connectivity index is 2.22. The number of halogens is 1. The topological polar surface area (TPSA) is 17.1 Å². The maximum atomic E-state index is 10.4. The molecule has 1 aromatic rings. The van der Waals surface area contributed by atoms with Gasteiger partial charge in [0.05, 0.1) is 0 Å². The summed E-state index contributed by atoms with van der Waals surface area (Å²) in [5.74, 6) is 0. The monoisotopic (exact) mass is 268 g/mol. The van der Waals surface area contributed by atoms with Crippen molar-refractivity contribution >= 4 is 22.2 Å². The van der Waals surface area contributed by atoms with Crippen LogP contribution in [0.25, 0.3) is 0 Å². The lowest BCUT2D eigenvalue weighted by Crippen LogP contribution is -1.87. The highest BCUT2D eigenvalue weighted by atomic mass is 79.9. The maximum Gasteiger partial charge on any atom is 0.150 e. The first-order valence-corrected chi connectivity index (χ1v) is 6.59. The van der Waals surface area contributed by atoms with Crippen molar-refractivity contribution in [2.24, 2.45) is 0 Å². The number of hydrogen-bond donors (Lipinski definition) is 0. The van der Waals surface area contributed by atoms with Gasteiger partial charge >= 0.3 is 0 Å². The van der Waals surface area contributed by atoms with Gasteiger partial charge in [-0.1, -0.05) is 53.0 Å². The van der Waals surface area contributed by atoms with Crippen LogP contribution in [0.3, 0.4) is 0 Å². The molecule has 0 aliphatic carbocycles. The van der Waals surface area contributed by atoms with Crippen molar-refractivity contribution in [2.45, 2.75) is 32.1 Å². The van der Waals surface area contributed by atoms with Crippen molar-refractivity contribution in [3.8, 4) is 0 Å². The quantitative estimate of drug-likeness (QED) is 0.415. The standard InChI is InChI=1S/C13H17BrO/c14-10-4-2-1-3-5-12-6-8-13(11-15)9-7-12/h6-9,11H,1-5,10H2. The fraction of sp³-hybridized carbons (Fsp3) is 0.462. The van der Waals surface area contributed by atoms with E-state index in [2.05, 4.69) is 15.9 Å². The first kappa shape index (κ1) is 12.4. The lowest BCUT2D eigenvalue weighted by molar-refractivity contribution is 0.112. The first-order chi connectivity index (χ1) is 7.36. The van der Waals surface area contributed by atoms with Gasteiger partial charge in [0.25, 0.3) is 0 Å². The van der Waals surface area contributed by atoms with Gasteiger partial charge in [0, 0.05) is 10.9 Å². The molecule has 0 spiro atoms. The maximum absolute atomic E-state index is 10.4. The molecule has 15 heavy (non-hydrogen) atoms. The fourth-order valence-corrected chi connectivity index (χ4v) is 1.94. The highest BCUT2D eigenvalue weighted by molar-refractivity contribution is 9.09.